The lowest BCUT2D eigenvalue weighted by Gasteiger charge is -2.23. The Bertz CT molecular complexity index is 398. The molecule has 4 unspecified atom stereocenters. The van der Waals surface area contributed by atoms with E-state index in [2.05, 4.69) is 5.32 Å². The van der Waals surface area contributed by atoms with Crippen molar-refractivity contribution in [1.82, 2.24) is 5.32 Å². The molecular weight excluding hydrogens is 264 g/mol. The third kappa shape index (κ3) is 3.28. The second kappa shape index (κ2) is 5.67. The predicted molar refractivity (Wildman–Crippen MR) is 69.4 cm³/mol. The second-order valence-electron chi connectivity index (χ2n) is 5.88. The minimum Gasteiger partial charge on any atom is -0.396 e. The summed E-state index contributed by atoms with van der Waals surface area (Å²) in [5.41, 5.74) is 5.02. The van der Waals surface area contributed by atoms with Gasteiger partial charge in [0, 0.05) is 25.4 Å². The molecule has 0 bridgehead atoms. The zero-order chi connectivity index (χ0) is 14.9. The number of nitrogens with two attached hydrogens (primary N) is 1. The van der Waals surface area contributed by atoms with Crippen molar-refractivity contribution in [2.75, 3.05) is 6.61 Å². The molecule has 20 heavy (non-hydrogen) atoms. The topological polar surface area (TPSA) is 111 Å². The number of aliphatic hydroxyl groups is 1. The number of carbonyl (C=O) groups excluding carboxylic acids is 2. The molecule has 114 valence electrons. The number of aliphatic hydroxyl groups excluding tert-OH is 1. The van der Waals surface area contributed by atoms with E-state index in [0.29, 0.717) is 6.42 Å². The van der Waals surface area contributed by atoms with E-state index in [0.717, 1.165) is 0 Å². The van der Waals surface area contributed by atoms with Crippen LogP contribution < -0.4 is 11.1 Å². The fourth-order valence-corrected chi connectivity index (χ4v) is 2.92. The van der Waals surface area contributed by atoms with Crippen LogP contribution in [0.1, 0.15) is 33.1 Å². The van der Waals surface area contributed by atoms with E-state index in [9.17, 15) is 14.7 Å². The fraction of sp³-hybridized carbons (Fsp3) is 0.846. The lowest BCUT2D eigenvalue weighted by atomic mass is 10.1. The Balaban J connectivity index is 1.95. The van der Waals surface area contributed by atoms with Gasteiger partial charge < -0.3 is 25.6 Å². The number of primary amides is 1. The van der Waals surface area contributed by atoms with Crippen molar-refractivity contribution < 1.29 is 24.2 Å². The summed E-state index contributed by atoms with van der Waals surface area (Å²) >= 11 is 0. The summed E-state index contributed by atoms with van der Waals surface area (Å²) < 4.78 is 11.6. The number of ether oxygens (including phenoxy) is 2. The smallest absolute Gasteiger partial charge is 0.220 e. The van der Waals surface area contributed by atoms with E-state index >= 15 is 0 Å². The number of rotatable bonds is 5. The first-order valence-corrected chi connectivity index (χ1v) is 6.86. The van der Waals surface area contributed by atoms with Crippen molar-refractivity contribution in [2.24, 2.45) is 11.7 Å². The zero-order valence-corrected chi connectivity index (χ0v) is 11.8. The number of nitrogens with one attached hydrogen (secondary N) is 1. The van der Waals surface area contributed by atoms with Crippen molar-refractivity contribution in [3.8, 4) is 0 Å². The van der Waals surface area contributed by atoms with Crippen molar-refractivity contribution in [3.63, 3.8) is 0 Å². The van der Waals surface area contributed by atoms with Crippen LogP contribution in [0.25, 0.3) is 0 Å². The second-order valence-corrected chi connectivity index (χ2v) is 5.88. The van der Waals surface area contributed by atoms with Crippen LogP contribution in [0.4, 0.5) is 0 Å². The highest BCUT2D eigenvalue weighted by Gasteiger charge is 2.53. The van der Waals surface area contributed by atoms with E-state index in [1.165, 1.54) is 0 Å². The van der Waals surface area contributed by atoms with Crippen LogP contribution in [0.2, 0.25) is 0 Å². The zero-order valence-electron chi connectivity index (χ0n) is 11.8. The molecule has 1 saturated heterocycles. The molecule has 2 aliphatic rings. The molecule has 7 heteroatoms. The van der Waals surface area contributed by atoms with Gasteiger partial charge in [0.1, 0.15) is 6.10 Å². The van der Waals surface area contributed by atoms with Crippen LogP contribution >= 0.6 is 0 Å². The number of hydrogen-bond donors (Lipinski definition) is 3. The lowest BCUT2D eigenvalue weighted by Crippen LogP contribution is -2.43. The van der Waals surface area contributed by atoms with Gasteiger partial charge >= 0.3 is 0 Å². The Labute approximate surface area is 117 Å². The van der Waals surface area contributed by atoms with Crippen molar-refractivity contribution in [1.29, 1.82) is 0 Å². The highest BCUT2D eigenvalue weighted by atomic mass is 16.8. The molecule has 2 amide bonds. The Morgan fingerprint density at radius 1 is 1.30 bits per heavy atom. The summed E-state index contributed by atoms with van der Waals surface area (Å²) in [6.07, 6.45) is 0.219. The summed E-state index contributed by atoms with van der Waals surface area (Å²) in [6, 6.07) is -0.209. The first kappa shape index (κ1) is 15.2. The minimum atomic E-state index is -0.709. The molecule has 4 N–H and O–H groups in total. The Morgan fingerprint density at radius 2 is 1.95 bits per heavy atom. The molecular formula is C13H22N2O5. The van der Waals surface area contributed by atoms with E-state index in [1.807, 2.05) is 13.8 Å². The standard InChI is InChI=1S/C13H22N2O5/c1-13(2)19-11-7(6-16)5-8(12(11)20-13)15-10(18)4-3-9(14)17/h7-8,11-12,16H,3-6H2,1-2H3,(H2,14,17)(H,15,18). The predicted octanol–water partition coefficient (Wildman–Crippen LogP) is -0.731. The first-order valence-electron chi connectivity index (χ1n) is 6.86. The molecule has 1 saturated carbocycles. The van der Waals surface area contributed by atoms with Crippen molar-refractivity contribution in [2.45, 2.75) is 57.1 Å². The molecule has 1 aliphatic heterocycles. The van der Waals surface area contributed by atoms with Crippen molar-refractivity contribution in [3.05, 3.63) is 0 Å². The molecule has 0 aromatic rings. The van der Waals surface area contributed by atoms with Gasteiger partial charge in [0.2, 0.25) is 11.8 Å². The highest BCUT2D eigenvalue weighted by molar-refractivity contribution is 5.83. The van der Waals surface area contributed by atoms with Crippen LogP contribution in [0.15, 0.2) is 0 Å². The van der Waals surface area contributed by atoms with Crippen LogP contribution in [0.5, 0.6) is 0 Å². The average Bonchev–Trinajstić information content (AvgIpc) is 2.81. The lowest BCUT2D eigenvalue weighted by molar-refractivity contribution is -0.161. The largest absolute Gasteiger partial charge is 0.396 e. The van der Waals surface area contributed by atoms with Gasteiger partial charge in [-0.05, 0) is 20.3 Å². The molecule has 1 heterocycles. The SMILES string of the molecule is CC1(C)OC2C(CO)CC(NC(=O)CCC(N)=O)C2O1. The first-order chi connectivity index (χ1) is 9.32. The van der Waals surface area contributed by atoms with E-state index in [-0.39, 0.29) is 49.5 Å². The molecule has 4 atom stereocenters. The van der Waals surface area contributed by atoms with Gasteiger partial charge in [-0.25, -0.2) is 0 Å². The summed E-state index contributed by atoms with van der Waals surface area (Å²) in [6.45, 7) is 3.62. The molecule has 0 radical (unpaired) electrons. The number of hydrogen-bond acceptors (Lipinski definition) is 5. The number of fused-ring (bicyclic) bond motifs is 1. The van der Waals surface area contributed by atoms with Crippen molar-refractivity contribution >= 4 is 11.8 Å². The van der Waals surface area contributed by atoms with Gasteiger partial charge in [0.25, 0.3) is 0 Å². The van der Waals surface area contributed by atoms with Gasteiger partial charge in [0.05, 0.1) is 12.1 Å². The third-order valence-electron chi connectivity index (χ3n) is 3.76. The molecule has 1 aliphatic carbocycles. The number of carbonyl (C=O) groups is 2. The molecule has 2 rings (SSSR count). The summed E-state index contributed by atoms with van der Waals surface area (Å²) in [5, 5.41) is 12.2. The maximum Gasteiger partial charge on any atom is 0.220 e. The maximum atomic E-state index is 11.8. The van der Waals surface area contributed by atoms with Gasteiger partial charge in [-0.2, -0.15) is 0 Å². The third-order valence-corrected chi connectivity index (χ3v) is 3.76. The van der Waals surface area contributed by atoms with Gasteiger partial charge in [-0.3, -0.25) is 9.59 Å². The molecule has 0 aromatic carbocycles. The molecule has 2 fully saturated rings. The summed E-state index contributed by atoms with van der Waals surface area (Å²) in [5.74, 6) is -1.50. The highest BCUT2D eigenvalue weighted by Crippen LogP contribution is 2.41. The molecule has 0 spiro atoms. The Hall–Kier alpha value is -1.18. The van der Waals surface area contributed by atoms with Crippen LogP contribution in [0, 0.1) is 5.92 Å². The minimum absolute atomic E-state index is 0.00569. The van der Waals surface area contributed by atoms with E-state index in [1.54, 1.807) is 0 Å². The van der Waals surface area contributed by atoms with Crippen LogP contribution in [0.3, 0.4) is 0 Å². The summed E-state index contributed by atoms with van der Waals surface area (Å²) in [4.78, 5) is 22.4. The van der Waals surface area contributed by atoms with E-state index < -0.39 is 11.7 Å². The molecule has 7 nitrogen and oxygen atoms in total. The molecule has 0 aromatic heterocycles. The normalized spacial score (nSPS) is 34.8. The van der Waals surface area contributed by atoms with Crippen LogP contribution in [-0.4, -0.2) is 47.6 Å². The fourth-order valence-electron chi connectivity index (χ4n) is 2.92. The Morgan fingerprint density at radius 3 is 2.55 bits per heavy atom. The van der Waals surface area contributed by atoms with Crippen LogP contribution in [-0.2, 0) is 19.1 Å². The Kier molecular flexibility index (Phi) is 4.31. The van der Waals surface area contributed by atoms with E-state index in [4.69, 9.17) is 15.2 Å². The summed E-state index contributed by atoms with van der Waals surface area (Å²) in [7, 11) is 0. The quantitative estimate of drug-likeness (QED) is 0.617. The maximum absolute atomic E-state index is 11.8. The van der Waals surface area contributed by atoms with Gasteiger partial charge in [-0.15, -0.1) is 0 Å². The van der Waals surface area contributed by atoms with Gasteiger partial charge in [0.15, 0.2) is 5.79 Å². The number of amides is 2. The van der Waals surface area contributed by atoms with Gasteiger partial charge in [-0.1, -0.05) is 0 Å². The monoisotopic (exact) mass is 286 g/mol. The average molecular weight is 286 g/mol.